The molecule has 0 aliphatic carbocycles. The first-order valence-corrected chi connectivity index (χ1v) is 13.7. The number of hydrogen-bond donors (Lipinski definition) is 2. The molecule has 35 heavy (non-hydrogen) atoms. The molecule has 0 heterocycles. The minimum atomic E-state index is -3.96. The minimum absolute atomic E-state index is 0.0286. The molecule has 2 N–H and O–H groups in total. The molecule has 2 aromatic rings. The molecule has 2 aromatic carbocycles. The van der Waals surface area contributed by atoms with E-state index in [0.29, 0.717) is 25.8 Å². The monoisotopic (exact) mass is 502 g/mol. The summed E-state index contributed by atoms with van der Waals surface area (Å²) in [5.41, 5.74) is 2.13. The zero-order valence-corrected chi connectivity index (χ0v) is 21.8. The van der Waals surface area contributed by atoms with Crippen LogP contribution in [0.5, 0.6) is 0 Å². The molecule has 0 unspecified atom stereocenters. The first kappa shape index (κ1) is 28.5. The van der Waals surface area contributed by atoms with E-state index in [-0.39, 0.29) is 29.7 Å². The quantitative estimate of drug-likeness (QED) is 0.351. The van der Waals surface area contributed by atoms with Crippen LogP contribution in [0.4, 0.5) is 0 Å². The van der Waals surface area contributed by atoms with Crippen LogP contribution >= 0.6 is 0 Å². The zero-order valence-electron chi connectivity index (χ0n) is 20.9. The van der Waals surface area contributed by atoms with Crippen LogP contribution in [0.15, 0.2) is 59.5 Å². The molecule has 1 atom stereocenters. The van der Waals surface area contributed by atoms with Gasteiger partial charge in [-0.15, -0.1) is 0 Å². The Kier molecular flexibility index (Phi) is 11.4. The number of amides is 1. The average molecular weight is 503 g/mol. The van der Waals surface area contributed by atoms with Crippen molar-refractivity contribution in [2.45, 2.75) is 70.2 Å². The van der Waals surface area contributed by atoms with Crippen molar-refractivity contribution in [1.82, 2.24) is 9.62 Å². The molecular formula is C27H38N2O5S. The summed E-state index contributed by atoms with van der Waals surface area (Å²) in [5.74, 6) is -1.22. The summed E-state index contributed by atoms with van der Waals surface area (Å²) in [6.45, 7) is 6.15. The molecule has 0 radical (unpaired) electrons. The van der Waals surface area contributed by atoms with E-state index in [9.17, 15) is 23.1 Å². The molecule has 0 fully saturated rings. The van der Waals surface area contributed by atoms with Crippen molar-refractivity contribution in [2.75, 3.05) is 13.1 Å². The van der Waals surface area contributed by atoms with Gasteiger partial charge < -0.3 is 10.4 Å². The molecule has 0 saturated carbocycles. The molecule has 0 bridgehead atoms. The van der Waals surface area contributed by atoms with Gasteiger partial charge in [0, 0.05) is 19.5 Å². The molecule has 0 aliphatic rings. The third-order valence-electron chi connectivity index (χ3n) is 5.74. The lowest BCUT2D eigenvalue weighted by Gasteiger charge is -2.29. The Morgan fingerprint density at radius 1 is 0.971 bits per heavy atom. The molecule has 1 amide bonds. The van der Waals surface area contributed by atoms with Crippen LogP contribution in [0.1, 0.15) is 57.1 Å². The molecular weight excluding hydrogens is 464 g/mol. The van der Waals surface area contributed by atoms with Crippen LogP contribution in [-0.2, 0) is 26.0 Å². The number of unbranched alkanes of at least 4 members (excludes halogenated alkanes) is 1. The van der Waals surface area contributed by atoms with Crippen LogP contribution in [0.25, 0.3) is 0 Å². The minimum Gasteiger partial charge on any atom is -0.480 e. The highest BCUT2D eigenvalue weighted by Gasteiger charge is 2.35. The Balaban J connectivity index is 1.88. The SMILES string of the molecule is Cc1ccc(S(=O)(=O)N(CC(C)C)[C@@H](CCCCNC(=O)CCCc2ccccc2)C(=O)O)cc1. The van der Waals surface area contributed by atoms with Crippen molar-refractivity contribution in [1.29, 1.82) is 0 Å². The van der Waals surface area contributed by atoms with Gasteiger partial charge in [-0.05, 0) is 62.6 Å². The Hall–Kier alpha value is -2.71. The number of benzene rings is 2. The molecule has 0 spiro atoms. The zero-order chi connectivity index (χ0) is 25.8. The smallest absolute Gasteiger partial charge is 0.322 e. The number of sulfonamides is 1. The summed E-state index contributed by atoms with van der Waals surface area (Å²) >= 11 is 0. The molecule has 0 saturated heterocycles. The number of nitrogens with zero attached hydrogens (tertiary/aromatic N) is 1. The molecule has 192 valence electrons. The van der Waals surface area contributed by atoms with Gasteiger partial charge in [-0.2, -0.15) is 4.31 Å². The largest absolute Gasteiger partial charge is 0.480 e. The fraction of sp³-hybridized carbons (Fsp3) is 0.481. The fourth-order valence-electron chi connectivity index (χ4n) is 3.87. The average Bonchev–Trinajstić information content (AvgIpc) is 2.81. The van der Waals surface area contributed by atoms with Crippen molar-refractivity contribution in [3.8, 4) is 0 Å². The maximum atomic E-state index is 13.3. The lowest BCUT2D eigenvalue weighted by atomic mass is 10.1. The summed E-state index contributed by atoms with van der Waals surface area (Å²) < 4.78 is 27.7. The number of hydrogen-bond acceptors (Lipinski definition) is 4. The fourth-order valence-corrected chi connectivity index (χ4v) is 5.64. The van der Waals surface area contributed by atoms with Crippen LogP contribution in [0, 0.1) is 12.8 Å². The highest BCUT2D eigenvalue weighted by Crippen LogP contribution is 2.23. The van der Waals surface area contributed by atoms with E-state index >= 15 is 0 Å². The Morgan fingerprint density at radius 3 is 2.23 bits per heavy atom. The normalized spacial score (nSPS) is 12.6. The van der Waals surface area contributed by atoms with Crippen molar-refractivity contribution in [3.05, 3.63) is 65.7 Å². The maximum absolute atomic E-state index is 13.3. The lowest BCUT2D eigenvalue weighted by molar-refractivity contribution is -0.142. The third-order valence-corrected chi connectivity index (χ3v) is 7.63. The van der Waals surface area contributed by atoms with E-state index in [0.717, 1.165) is 22.7 Å². The number of rotatable bonds is 15. The molecule has 0 aromatic heterocycles. The number of carbonyl (C=O) groups excluding carboxylic acids is 1. The van der Waals surface area contributed by atoms with Crippen molar-refractivity contribution in [3.63, 3.8) is 0 Å². The Labute approximate surface area is 209 Å². The lowest BCUT2D eigenvalue weighted by Crippen LogP contribution is -2.46. The summed E-state index contributed by atoms with van der Waals surface area (Å²) in [6, 6.07) is 15.3. The highest BCUT2D eigenvalue weighted by molar-refractivity contribution is 7.89. The highest BCUT2D eigenvalue weighted by atomic mass is 32.2. The van der Waals surface area contributed by atoms with Crippen LogP contribution in [0.3, 0.4) is 0 Å². The van der Waals surface area contributed by atoms with Gasteiger partial charge in [0.25, 0.3) is 0 Å². The number of carboxylic acid groups (broad SMARTS) is 1. The topological polar surface area (TPSA) is 104 Å². The molecule has 0 aliphatic heterocycles. The van der Waals surface area contributed by atoms with Gasteiger partial charge in [0.15, 0.2) is 0 Å². The number of carbonyl (C=O) groups is 2. The van der Waals surface area contributed by atoms with Crippen molar-refractivity contribution in [2.24, 2.45) is 5.92 Å². The Morgan fingerprint density at radius 2 is 1.63 bits per heavy atom. The van der Waals surface area contributed by atoms with E-state index in [1.165, 1.54) is 17.7 Å². The summed E-state index contributed by atoms with van der Waals surface area (Å²) in [5, 5.41) is 12.7. The van der Waals surface area contributed by atoms with Gasteiger partial charge in [-0.25, -0.2) is 8.42 Å². The first-order chi connectivity index (χ1) is 16.6. The van der Waals surface area contributed by atoms with E-state index < -0.39 is 22.0 Å². The van der Waals surface area contributed by atoms with Gasteiger partial charge in [-0.1, -0.05) is 61.9 Å². The second-order valence-electron chi connectivity index (χ2n) is 9.32. The number of aryl methyl sites for hydroxylation is 2. The van der Waals surface area contributed by atoms with Crippen LogP contribution in [-0.4, -0.2) is 48.8 Å². The van der Waals surface area contributed by atoms with Gasteiger partial charge in [-0.3, -0.25) is 9.59 Å². The summed E-state index contributed by atoms with van der Waals surface area (Å²) in [4.78, 5) is 24.3. The van der Waals surface area contributed by atoms with Gasteiger partial charge in [0.2, 0.25) is 15.9 Å². The van der Waals surface area contributed by atoms with E-state index in [4.69, 9.17) is 0 Å². The van der Waals surface area contributed by atoms with Crippen LogP contribution in [0.2, 0.25) is 0 Å². The Bertz CT molecular complexity index is 1040. The number of nitrogens with one attached hydrogen (secondary N) is 1. The predicted molar refractivity (Wildman–Crippen MR) is 138 cm³/mol. The van der Waals surface area contributed by atoms with E-state index in [2.05, 4.69) is 5.32 Å². The molecule has 7 nitrogen and oxygen atoms in total. The van der Waals surface area contributed by atoms with Crippen LogP contribution < -0.4 is 5.32 Å². The van der Waals surface area contributed by atoms with Crippen molar-refractivity contribution < 1.29 is 23.1 Å². The first-order valence-electron chi connectivity index (χ1n) is 12.2. The summed E-state index contributed by atoms with van der Waals surface area (Å²) in [7, 11) is -3.96. The number of carboxylic acids is 1. The number of aliphatic carboxylic acids is 1. The third kappa shape index (κ3) is 9.45. The van der Waals surface area contributed by atoms with Gasteiger partial charge >= 0.3 is 5.97 Å². The summed E-state index contributed by atoms with van der Waals surface area (Å²) in [6.07, 6.45) is 3.28. The molecule has 2 rings (SSSR count). The predicted octanol–water partition coefficient (Wildman–Crippen LogP) is 4.40. The van der Waals surface area contributed by atoms with Gasteiger partial charge in [0.05, 0.1) is 4.90 Å². The van der Waals surface area contributed by atoms with Crippen molar-refractivity contribution >= 4 is 21.9 Å². The molecule has 8 heteroatoms. The van der Waals surface area contributed by atoms with E-state index in [1.807, 2.05) is 51.1 Å². The van der Waals surface area contributed by atoms with E-state index in [1.54, 1.807) is 12.1 Å². The second kappa shape index (κ2) is 14.0. The maximum Gasteiger partial charge on any atom is 0.322 e. The van der Waals surface area contributed by atoms with Gasteiger partial charge in [0.1, 0.15) is 6.04 Å². The standard InChI is InChI=1S/C27H38N2O5S/c1-21(2)20-29(35(33,34)24-17-15-22(3)16-18-24)25(27(31)32)13-7-8-19-28-26(30)14-9-12-23-10-5-4-6-11-23/h4-6,10-11,15-18,21,25H,7-9,12-14,19-20H2,1-3H3,(H,28,30)(H,31,32)/t25-/m0/s1. The second-order valence-corrected chi connectivity index (χ2v) is 11.2.